The average molecular weight is 150 g/mol. The Morgan fingerprint density at radius 1 is 1.88 bits per heavy atom. The van der Waals surface area contributed by atoms with Gasteiger partial charge in [-0.05, 0) is 12.2 Å². The molecule has 5 heteroatoms. The smallest absolute Gasteiger partial charge is 0.235 e. The summed E-state index contributed by atoms with van der Waals surface area (Å²) in [5.74, 6) is -0.169. The van der Waals surface area contributed by atoms with Crippen LogP contribution in [-0.4, -0.2) is 16.8 Å². The standard InChI is InChI=1S/C3H6N2OS2/c4-3(8)5-2(6)1-7/h7H,1H2,(H3,4,5,6,8). The number of hydrogen-bond donors (Lipinski definition) is 3. The first-order valence-corrected chi connectivity index (χ1v) is 2.91. The highest BCUT2D eigenvalue weighted by Gasteiger charge is 1.94. The quantitative estimate of drug-likeness (QED) is 0.341. The molecule has 0 saturated heterocycles. The zero-order valence-electron chi connectivity index (χ0n) is 4.05. The minimum atomic E-state index is -0.277. The summed E-state index contributed by atoms with van der Waals surface area (Å²) in [6.07, 6.45) is 0. The van der Waals surface area contributed by atoms with Crippen molar-refractivity contribution in [1.29, 1.82) is 0 Å². The second-order valence-corrected chi connectivity index (χ2v) is 1.83. The van der Waals surface area contributed by atoms with Crippen molar-refractivity contribution < 1.29 is 4.79 Å². The zero-order chi connectivity index (χ0) is 6.57. The first-order valence-electron chi connectivity index (χ1n) is 1.87. The molecule has 0 radical (unpaired) electrons. The van der Waals surface area contributed by atoms with Gasteiger partial charge in [-0.2, -0.15) is 12.6 Å². The van der Waals surface area contributed by atoms with E-state index in [4.69, 9.17) is 5.73 Å². The van der Waals surface area contributed by atoms with E-state index >= 15 is 0 Å². The van der Waals surface area contributed by atoms with Gasteiger partial charge in [-0.25, -0.2) is 0 Å². The largest absolute Gasteiger partial charge is 0.376 e. The summed E-state index contributed by atoms with van der Waals surface area (Å²) in [6.45, 7) is 0. The molecule has 8 heavy (non-hydrogen) atoms. The Morgan fingerprint density at radius 2 is 2.38 bits per heavy atom. The molecule has 0 aromatic carbocycles. The lowest BCUT2D eigenvalue weighted by atomic mass is 10.7. The number of nitrogens with two attached hydrogens (primary N) is 1. The maximum atomic E-state index is 10.3. The molecule has 3 nitrogen and oxygen atoms in total. The van der Waals surface area contributed by atoms with Crippen molar-refractivity contribution in [1.82, 2.24) is 5.32 Å². The van der Waals surface area contributed by atoms with Gasteiger partial charge in [-0.15, -0.1) is 0 Å². The molecule has 0 rings (SSSR count). The Labute approximate surface area is 58.0 Å². The van der Waals surface area contributed by atoms with Crippen molar-refractivity contribution in [3.05, 3.63) is 0 Å². The van der Waals surface area contributed by atoms with Crippen LogP contribution >= 0.6 is 24.8 Å². The van der Waals surface area contributed by atoms with Crippen LogP contribution in [0, 0.1) is 0 Å². The normalized spacial score (nSPS) is 8.12. The molecular weight excluding hydrogens is 144 g/mol. The molecule has 0 bridgehead atoms. The Balaban J connectivity index is 3.40. The van der Waals surface area contributed by atoms with Gasteiger partial charge in [0.05, 0.1) is 5.75 Å². The van der Waals surface area contributed by atoms with Crippen LogP contribution < -0.4 is 11.1 Å². The van der Waals surface area contributed by atoms with Gasteiger partial charge in [0.25, 0.3) is 0 Å². The zero-order valence-corrected chi connectivity index (χ0v) is 5.76. The summed E-state index contributed by atoms with van der Waals surface area (Å²) < 4.78 is 0. The molecular formula is C3H6N2OS2. The van der Waals surface area contributed by atoms with Crippen molar-refractivity contribution in [2.45, 2.75) is 0 Å². The fourth-order valence-corrected chi connectivity index (χ4v) is 0.370. The average Bonchev–Trinajstić information content (AvgIpc) is 1.65. The van der Waals surface area contributed by atoms with Crippen molar-refractivity contribution in [2.24, 2.45) is 5.73 Å². The highest BCUT2D eigenvalue weighted by atomic mass is 32.1. The van der Waals surface area contributed by atoms with E-state index < -0.39 is 0 Å². The SMILES string of the molecule is NC(=S)NC(=O)CS. The van der Waals surface area contributed by atoms with Crippen LogP contribution in [0.15, 0.2) is 0 Å². The molecule has 1 amide bonds. The van der Waals surface area contributed by atoms with Crippen LogP contribution in [0.4, 0.5) is 0 Å². The Morgan fingerprint density at radius 3 is 2.50 bits per heavy atom. The Kier molecular flexibility index (Phi) is 3.55. The van der Waals surface area contributed by atoms with E-state index in [0.717, 1.165) is 0 Å². The maximum absolute atomic E-state index is 10.3. The van der Waals surface area contributed by atoms with E-state index in [1.165, 1.54) is 0 Å². The third kappa shape index (κ3) is 3.89. The number of thiol groups is 1. The van der Waals surface area contributed by atoms with Gasteiger partial charge in [-0.1, -0.05) is 0 Å². The van der Waals surface area contributed by atoms with Crippen LogP contribution in [0.3, 0.4) is 0 Å². The number of carbonyl (C=O) groups excluding carboxylic acids is 1. The maximum Gasteiger partial charge on any atom is 0.235 e. The molecule has 0 saturated carbocycles. The molecule has 0 fully saturated rings. The third-order valence-corrected chi connectivity index (χ3v) is 0.796. The van der Waals surface area contributed by atoms with Gasteiger partial charge in [0.15, 0.2) is 5.11 Å². The van der Waals surface area contributed by atoms with Crippen molar-refractivity contribution >= 4 is 35.9 Å². The highest BCUT2D eigenvalue weighted by Crippen LogP contribution is 1.70. The molecule has 0 aromatic heterocycles. The minimum absolute atomic E-state index is 0.0101. The molecule has 0 aromatic rings. The highest BCUT2D eigenvalue weighted by molar-refractivity contribution is 7.81. The number of thiocarbonyl (C=S) groups is 1. The lowest BCUT2D eigenvalue weighted by molar-refractivity contribution is -0.117. The predicted molar refractivity (Wildman–Crippen MR) is 38.8 cm³/mol. The van der Waals surface area contributed by atoms with Gasteiger partial charge >= 0.3 is 0 Å². The molecule has 0 aliphatic heterocycles. The fraction of sp³-hybridized carbons (Fsp3) is 0.333. The second-order valence-electron chi connectivity index (χ2n) is 1.07. The van der Waals surface area contributed by atoms with Crippen molar-refractivity contribution in [2.75, 3.05) is 5.75 Å². The first-order chi connectivity index (χ1) is 3.66. The summed E-state index contributed by atoms with van der Waals surface area (Å²) in [7, 11) is 0. The van der Waals surface area contributed by atoms with E-state index in [2.05, 4.69) is 30.2 Å². The van der Waals surface area contributed by atoms with Gasteiger partial charge in [0.2, 0.25) is 5.91 Å². The fourth-order valence-electron chi connectivity index (χ4n) is 0.177. The summed E-state index contributed by atoms with van der Waals surface area (Å²) >= 11 is 8.01. The van der Waals surface area contributed by atoms with Gasteiger partial charge in [0.1, 0.15) is 0 Å². The summed E-state index contributed by atoms with van der Waals surface area (Å²) in [6, 6.07) is 0. The minimum Gasteiger partial charge on any atom is -0.376 e. The molecule has 0 aliphatic rings. The topological polar surface area (TPSA) is 55.1 Å². The number of carbonyl (C=O) groups is 1. The number of amides is 1. The molecule has 0 unspecified atom stereocenters. The van der Waals surface area contributed by atoms with Crippen LogP contribution in [-0.2, 0) is 4.79 Å². The summed E-state index contributed by atoms with van der Waals surface area (Å²) in [5.41, 5.74) is 4.93. The van der Waals surface area contributed by atoms with Crippen LogP contribution in [0.5, 0.6) is 0 Å². The van der Waals surface area contributed by atoms with E-state index in [1.54, 1.807) is 0 Å². The van der Waals surface area contributed by atoms with Crippen LogP contribution in [0.25, 0.3) is 0 Å². The molecule has 3 N–H and O–H groups in total. The number of nitrogens with one attached hydrogen (secondary N) is 1. The Hall–Kier alpha value is -0.290. The van der Waals surface area contributed by atoms with Gasteiger partial charge in [-0.3, -0.25) is 4.79 Å². The lowest BCUT2D eigenvalue weighted by Crippen LogP contribution is -2.35. The first kappa shape index (κ1) is 7.71. The van der Waals surface area contributed by atoms with E-state index in [0.29, 0.717) is 0 Å². The monoisotopic (exact) mass is 150 g/mol. The van der Waals surface area contributed by atoms with Crippen LogP contribution in [0.2, 0.25) is 0 Å². The molecule has 0 atom stereocenters. The van der Waals surface area contributed by atoms with Gasteiger partial charge < -0.3 is 11.1 Å². The molecule has 0 aliphatic carbocycles. The molecule has 46 valence electrons. The van der Waals surface area contributed by atoms with Gasteiger partial charge in [0, 0.05) is 0 Å². The van der Waals surface area contributed by atoms with E-state index in [9.17, 15) is 4.79 Å². The van der Waals surface area contributed by atoms with E-state index in [1.807, 2.05) is 0 Å². The molecule has 0 spiro atoms. The summed E-state index contributed by atoms with van der Waals surface area (Å²) in [4.78, 5) is 10.3. The molecule has 0 heterocycles. The van der Waals surface area contributed by atoms with Crippen molar-refractivity contribution in [3.8, 4) is 0 Å². The number of hydrogen-bond acceptors (Lipinski definition) is 3. The van der Waals surface area contributed by atoms with Crippen LogP contribution in [0.1, 0.15) is 0 Å². The Bertz CT molecular complexity index is 114. The summed E-state index contributed by atoms with van der Waals surface area (Å²) in [5, 5.41) is 2.18. The second kappa shape index (κ2) is 3.68. The third-order valence-electron chi connectivity index (χ3n) is 0.406. The lowest BCUT2D eigenvalue weighted by Gasteiger charge is -1.95. The predicted octanol–water partition coefficient (Wildman–Crippen LogP) is -0.724. The van der Waals surface area contributed by atoms with E-state index in [-0.39, 0.29) is 16.8 Å². The number of rotatable bonds is 1. The van der Waals surface area contributed by atoms with Crippen molar-refractivity contribution in [3.63, 3.8) is 0 Å².